The first-order valence-electron chi connectivity index (χ1n) is 10.3. The normalized spacial score (nSPS) is 17.1. The second-order valence-corrected chi connectivity index (χ2v) is 10.3. The van der Waals surface area contributed by atoms with Crippen LogP contribution in [-0.2, 0) is 24.2 Å². The first-order chi connectivity index (χ1) is 15.1. The minimum atomic E-state index is -3.51. The Morgan fingerprint density at radius 3 is 2.50 bits per heavy atom. The summed E-state index contributed by atoms with van der Waals surface area (Å²) >= 11 is 0. The summed E-state index contributed by atoms with van der Waals surface area (Å²) < 4.78 is 29.0. The highest BCUT2D eigenvalue weighted by Gasteiger charge is 2.52. The maximum absolute atomic E-state index is 13.3. The molecule has 2 aromatic carbocycles. The van der Waals surface area contributed by atoms with E-state index >= 15 is 0 Å². The zero-order valence-electron chi connectivity index (χ0n) is 17.9. The minimum Gasteiger partial charge on any atom is -0.452 e. The van der Waals surface area contributed by atoms with Crippen LogP contribution in [0.5, 0.6) is 0 Å². The molecule has 1 fully saturated rings. The molecule has 9 heteroatoms. The molecule has 0 bridgehead atoms. The summed E-state index contributed by atoms with van der Waals surface area (Å²) in [5, 5.41) is 2.90. The highest BCUT2D eigenvalue weighted by Crippen LogP contribution is 2.45. The van der Waals surface area contributed by atoms with Crippen LogP contribution in [0.3, 0.4) is 0 Å². The first-order valence-corrected chi connectivity index (χ1v) is 12.2. The van der Waals surface area contributed by atoms with Crippen molar-refractivity contribution in [1.29, 1.82) is 0 Å². The fourth-order valence-electron chi connectivity index (χ4n) is 4.45. The molecule has 4 rings (SSSR count). The standard InChI is InChI=1S/C23H24N2O6S/c1-15-9-10-16(32(2,29)30)13-17(15)21(27)31-14-20(26)25-19-8-4-3-7-18(19)24-22(28)23(25)11-5-6-12-23/h3-4,7-10,13H,5-6,11-12,14H2,1-2H3,(H,24,28). The molecule has 0 unspecified atom stereocenters. The average Bonchev–Trinajstić information content (AvgIpc) is 3.22. The number of nitrogens with one attached hydrogen (secondary N) is 1. The van der Waals surface area contributed by atoms with E-state index in [0.29, 0.717) is 29.8 Å². The third-order valence-corrected chi connectivity index (χ3v) is 7.22. The fraction of sp³-hybridized carbons (Fsp3) is 0.348. The van der Waals surface area contributed by atoms with Gasteiger partial charge in [-0.15, -0.1) is 0 Å². The number of rotatable bonds is 4. The zero-order chi connectivity index (χ0) is 23.1. The monoisotopic (exact) mass is 456 g/mol. The summed E-state index contributed by atoms with van der Waals surface area (Å²) in [6, 6.07) is 11.2. The summed E-state index contributed by atoms with van der Waals surface area (Å²) in [6.45, 7) is 1.09. The lowest BCUT2D eigenvalue weighted by atomic mass is 9.90. The lowest BCUT2D eigenvalue weighted by Gasteiger charge is -2.44. The van der Waals surface area contributed by atoms with Gasteiger partial charge in [-0.05, 0) is 49.6 Å². The number of sulfone groups is 1. The number of benzene rings is 2. The third kappa shape index (κ3) is 3.77. The van der Waals surface area contributed by atoms with E-state index in [9.17, 15) is 22.8 Å². The van der Waals surface area contributed by atoms with E-state index < -0.39 is 33.9 Å². The molecule has 2 aliphatic rings. The van der Waals surface area contributed by atoms with Crippen LogP contribution < -0.4 is 10.2 Å². The van der Waals surface area contributed by atoms with Crippen LogP contribution in [0, 0.1) is 6.92 Å². The predicted octanol–water partition coefficient (Wildman–Crippen LogP) is 2.85. The molecule has 8 nitrogen and oxygen atoms in total. The van der Waals surface area contributed by atoms with Crippen molar-refractivity contribution in [3.8, 4) is 0 Å². The zero-order valence-corrected chi connectivity index (χ0v) is 18.7. The molecule has 0 aromatic heterocycles. The molecular weight excluding hydrogens is 432 g/mol. The predicted molar refractivity (Wildman–Crippen MR) is 118 cm³/mol. The quantitative estimate of drug-likeness (QED) is 0.709. The second-order valence-electron chi connectivity index (χ2n) is 8.26. The lowest BCUT2D eigenvalue weighted by Crippen LogP contribution is -2.61. The summed E-state index contributed by atoms with van der Waals surface area (Å²) in [5.41, 5.74) is 0.721. The Labute approximate surface area is 186 Å². The van der Waals surface area contributed by atoms with E-state index in [4.69, 9.17) is 4.74 Å². The number of amides is 2. The van der Waals surface area contributed by atoms with Gasteiger partial charge >= 0.3 is 5.97 Å². The smallest absolute Gasteiger partial charge is 0.338 e. The molecule has 168 valence electrons. The van der Waals surface area contributed by atoms with Crippen LogP contribution in [0.2, 0.25) is 0 Å². The van der Waals surface area contributed by atoms with E-state index in [1.807, 2.05) is 0 Å². The molecule has 1 spiro atoms. The van der Waals surface area contributed by atoms with Gasteiger partial charge in [-0.25, -0.2) is 13.2 Å². The Bertz CT molecular complexity index is 1210. The van der Waals surface area contributed by atoms with Crippen LogP contribution in [0.25, 0.3) is 0 Å². The molecule has 1 heterocycles. The molecular formula is C23H24N2O6S. The van der Waals surface area contributed by atoms with Gasteiger partial charge in [0.05, 0.1) is 21.8 Å². The molecule has 2 amide bonds. The van der Waals surface area contributed by atoms with Gasteiger partial charge in [0.25, 0.3) is 11.8 Å². The fourth-order valence-corrected chi connectivity index (χ4v) is 5.10. The van der Waals surface area contributed by atoms with Crippen molar-refractivity contribution >= 4 is 39.0 Å². The van der Waals surface area contributed by atoms with Crippen molar-refractivity contribution in [2.24, 2.45) is 0 Å². The third-order valence-electron chi connectivity index (χ3n) is 6.11. The van der Waals surface area contributed by atoms with E-state index in [0.717, 1.165) is 19.1 Å². The molecule has 1 aliphatic heterocycles. The molecule has 32 heavy (non-hydrogen) atoms. The van der Waals surface area contributed by atoms with Crippen LogP contribution in [-0.4, -0.2) is 44.6 Å². The maximum atomic E-state index is 13.3. The number of esters is 1. The largest absolute Gasteiger partial charge is 0.452 e. The number of hydrogen-bond donors (Lipinski definition) is 1. The number of hydrogen-bond acceptors (Lipinski definition) is 6. The van der Waals surface area contributed by atoms with E-state index in [1.54, 1.807) is 31.2 Å². The van der Waals surface area contributed by atoms with Crippen LogP contribution in [0.4, 0.5) is 11.4 Å². The SMILES string of the molecule is Cc1ccc(S(C)(=O)=O)cc1C(=O)OCC(=O)N1c2ccccc2NC(=O)C12CCCC2. The highest BCUT2D eigenvalue weighted by atomic mass is 32.2. The molecule has 0 saturated heterocycles. The van der Waals surface area contributed by atoms with Gasteiger partial charge < -0.3 is 10.1 Å². The number of nitrogens with zero attached hydrogens (tertiary/aromatic N) is 1. The van der Waals surface area contributed by atoms with E-state index in [1.165, 1.54) is 23.1 Å². The minimum absolute atomic E-state index is 0.00656. The van der Waals surface area contributed by atoms with Gasteiger partial charge in [-0.3, -0.25) is 14.5 Å². The van der Waals surface area contributed by atoms with Gasteiger partial charge in [0.1, 0.15) is 5.54 Å². The van der Waals surface area contributed by atoms with Gasteiger partial charge in [0.2, 0.25) is 0 Å². The first kappa shape index (κ1) is 22.0. The van der Waals surface area contributed by atoms with E-state index in [-0.39, 0.29) is 16.4 Å². The highest BCUT2D eigenvalue weighted by molar-refractivity contribution is 7.90. The average molecular weight is 457 g/mol. The number of carbonyl (C=O) groups excluding carboxylic acids is 3. The van der Waals surface area contributed by atoms with Crippen molar-refractivity contribution in [3.05, 3.63) is 53.6 Å². The molecule has 0 atom stereocenters. The summed E-state index contributed by atoms with van der Waals surface area (Å²) in [4.78, 5) is 40.4. The molecule has 0 radical (unpaired) electrons. The molecule has 1 N–H and O–H groups in total. The van der Waals surface area contributed by atoms with Gasteiger partial charge in [0, 0.05) is 6.26 Å². The Morgan fingerprint density at radius 2 is 1.81 bits per heavy atom. The Morgan fingerprint density at radius 1 is 1.12 bits per heavy atom. The number of aryl methyl sites for hydroxylation is 1. The number of carbonyl (C=O) groups is 3. The van der Waals surface area contributed by atoms with E-state index in [2.05, 4.69) is 5.32 Å². The number of para-hydroxylation sites is 2. The van der Waals surface area contributed by atoms with Gasteiger partial charge in [-0.1, -0.05) is 31.0 Å². The molecule has 1 saturated carbocycles. The topological polar surface area (TPSA) is 110 Å². The number of fused-ring (bicyclic) bond motifs is 1. The van der Waals surface area contributed by atoms with Crippen LogP contribution in [0.15, 0.2) is 47.4 Å². The van der Waals surface area contributed by atoms with Gasteiger partial charge in [-0.2, -0.15) is 0 Å². The summed E-state index contributed by atoms with van der Waals surface area (Å²) in [6.07, 6.45) is 3.74. The van der Waals surface area contributed by atoms with Crippen molar-refractivity contribution in [2.75, 3.05) is 23.1 Å². The summed E-state index contributed by atoms with van der Waals surface area (Å²) in [7, 11) is -3.51. The van der Waals surface area contributed by atoms with Crippen molar-refractivity contribution in [1.82, 2.24) is 0 Å². The Hall–Kier alpha value is -3.20. The van der Waals surface area contributed by atoms with Crippen LogP contribution in [0.1, 0.15) is 41.6 Å². The Balaban J connectivity index is 1.60. The maximum Gasteiger partial charge on any atom is 0.338 e. The number of ether oxygens (including phenoxy) is 1. The molecule has 2 aromatic rings. The summed E-state index contributed by atoms with van der Waals surface area (Å²) in [5.74, 6) is -1.53. The number of anilines is 2. The lowest BCUT2D eigenvalue weighted by molar-refractivity contribution is -0.129. The van der Waals surface area contributed by atoms with Crippen molar-refractivity contribution in [3.63, 3.8) is 0 Å². The van der Waals surface area contributed by atoms with Gasteiger partial charge in [0.15, 0.2) is 16.4 Å². The Kier molecular flexibility index (Phi) is 5.54. The van der Waals surface area contributed by atoms with Crippen molar-refractivity contribution in [2.45, 2.75) is 43.0 Å². The van der Waals surface area contributed by atoms with Crippen LogP contribution >= 0.6 is 0 Å². The second kappa shape index (κ2) is 8.05. The van der Waals surface area contributed by atoms with Crippen molar-refractivity contribution < 1.29 is 27.5 Å². The molecule has 1 aliphatic carbocycles.